The molecule has 2 rings (SSSR count). The molecule has 0 radical (unpaired) electrons. The Hall–Kier alpha value is -2.74. The zero-order valence-electron chi connectivity index (χ0n) is 16.5. The second-order valence-electron chi connectivity index (χ2n) is 6.13. The molecule has 0 aliphatic heterocycles. The number of nitrogens with zero attached hydrogens (tertiary/aromatic N) is 1. The SMILES string of the molecule is CCOc1ccc(NC(=O)C(CC)N(c2ccc(OC)cc2)S(C)(=O)=O)cc1. The molecule has 7 nitrogen and oxygen atoms in total. The van der Waals surface area contributed by atoms with Gasteiger partial charge in [-0.3, -0.25) is 9.10 Å². The quantitative estimate of drug-likeness (QED) is 0.691. The van der Waals surface area contributed by atoms with Crippen LogP contribution in [-0.2, 0) is 14.8 Å². The third-order valence-corrected chi connectivity index (χ3v) is 5.27. The first-order valence-electron chi connectivity index (χ1n) is 8.97. The topological polar surface area (TPSA) is 84.9 Å². The van der Waals surface area contributed by atoms with Crippen LogP contribution in [0.2, 0.25) is 0 Å². The van der Waals surface area contributed by atoms with Gasteiger partial charge >= 0.3 is 0 Å². The van der Waals surface area contributed by atoms with Crippen LogP contribution in [-0.4, -0.2) is 40.3 Å². The number of hydrogen-bond donors (Lipinski definition) is 1. The summed E-state index contributed by atoms with van der Waals surface area (Å²) in [5, 5.41) is 2.78. The normalized spacial score (nSPS) is 12.1. The number of ether oxygens (including phenoxy) is 2. The number of methoxy groups -OCH3 is 1. The third-order valence-electron chi connectivity index (χ3n) is 4.09. The van der Waals surface area contributed by atoms with Crippen LogP contribution in [0.5, 0.6) is 11.5 Å². The van der Waals surface area contributed by atoms with E-state index >= 15 is 0 Å². The number of nitrogens with one attached hydrogen (secondary N) is 1. The summed E-state index contributed by atoms with van der Waals surface area (Å²) < 4.78 is 36.6. The van der Waals surface area contributed by atoms with Crippen molar-refractivity contribution in [3.05, 3.63) is 48.5 Å². The van der Waals surface area contributed by atoms with E-state index < -0.39 is 22.0 Å². The van der Waals surface area contributed by atoms with Crippen molar-refractivity contribution in [2.75, 3.05) is 29.6 Å². The largest absolute Gasteiger partial charge is 0.497 e. The van der Waals surface area contributed by atoms with Gasteiger partial charge in [0.05, 0.1) is 25.7 Å². The fraction of sp³-hybridized carbons (Fsp3) is 0.350. The Morgan fingerprint density at radius 3 is 2.07 bits per heavy atom. The van der Waals surface area contributed by atoms with Gasteiger partial charge in [0.25, 0.3) is 0 Å². The van der Waals surface area contributed by atoms with Gasteiger partial charge in [-0.25, -0.2) is 8.42 Å². The maximum Gasteiger partial charge on any atom is 0.248 e. The highest BCUT2D eigenvalue weighted by atomic mass is 32.2. The first-order chi connectivity index (χ1) is 13.3. The van der Waals surface area contributed by atoms with Crippen LogP contribution in [0.3, 0.4) is 0 Å². The summed E-state index contributed by atoms with van der Waals surface area (Å²) in [6, 6.07) is 12.6. The molecule has 1 unspecified atom stereocenters. The van der Waals surface area contributed by atoms with E-state index in [1.54, 1.807) is 55.5 Å². The Morgan fingerprint density at radius 1 is 1.04 bits per heavy atom. The predicted molar refractivity (Wildman–Crippen MR) is 111 cm³/mol. The average molecular weight is 407 g/mol. The monoisotopic (exact) mass is 406 g/mol. The van der Waals surface area contributed by atoms with Gasteiger partial charge in [0, 0.05) is 5.69 Å². The molecule has 0 saturated carbocycles. The Kier molecular flexibility index (Phi) is 7.28. The molecule has 0 heterocycles. The molecular formula is C20H26N2O5S. The Balaban J connectivity index is 2.27. The summed E-state index contributed by atoms with van der Waals surface area (Å²) in [6.45, 7) is 4.21. The van der Waals surface area contributed by atoms with Crippen LogP contribution >= 0.6 is 0 Å². The Labute approximate surface area is 166 Å². The van der Waals surface area contributed by atoms with Gasteiger partial charge < -0.3 is 14.8 Å². The standard InChI is InChI=1S/C20H26N2O5S/c1-5-19(20(23)21-15-7-11-18(12-8-15)27-6-2)22(28(4,24)25)16-9-13-17(26-3)14-10-16/h7-14,19H,5-6H2,1-4H3,(H,21,23). The van der Waals surface area contributed by atoms with Crippen LogP contribution in [0.25, 0.3) is 0 Å². The fourth-order valence-electron chi connectivity index (χ4n) is 2.82. The number of rotatable bonds is 9. The smallest absolute Gasteiger partial charge is 0.248 e. The number of carbonyl (C=O) groups excluding carboxylic acids is 1. The van der Waals surface area contributed by atoms with Crippen LogP contribution in [0, 0.1) is 0 Å². The van der Waals surface area contributed by atoms with Crippen LogP contribution in [0.4, 0.5) is 11.4 Å². The van der Waals surface area contributed by atoms with Gasteiger partial charge in [0.1, 0.15) is 17.5 Å². The lowest BCUT2D eigenvalue weighted by Gasteiger charge is -2.30. The molecule has 2 aromatic rings. The van der Waals surface area contributed by atoms with E-state index in [2.05, 4.69) is 5.32 Å². The van der Waals surface area contributed by atoms with Crippen molar-refractivity contribution in [1.82, 2.24) is 0 Å². The first kappa shape index (κ1) is 21.6. The molecule has 0 aliphatic carbocycles. The third kappa shape index (κ3) is 5.39. The van der Waals surface area contributed by atoms with E-state index in [0.717, 1.165) is 10.6 Å². The van der Waals surface area contributed by atoms with Crippen molar-refractivity contribution in [2.24, 2.45) is 0 Å². The first-order valence-corrected chi connectivity index (χ1v) is 10.8. The molecule has 1 N–H and O–H groups in total. The van der Waals surface area contributed by atoms with Crippen LogP contribution < -0.4 is 19.1 Å². The van der Waals surface area contributed by atoms with Gasteiger partial charge in [0.2, 0.25) is 15.9 Å². The van der Waals surface area contributed by atoms with Crippen LogP contribution in [0.15, 0.2) is 48.5 Å². The Bertz CT molecular complexity index is 880. The van der Waals surface area contributed by atoms with E-state index in [-0.39, 0.29) is 0 Å². The molecule has 0 aliphatic rings. The molecule has 0 bridgehead atoms. The minimum Gasteiger partial charge on any atom is -0.497 e. The van der Waals surface area contributed by atoms with Crippen molar-refractivity contribution < 1.29 is 22.7 Å². The average Bonchev–Trinajstić information content (AvgIpc) is 2.67. The highest BCUT2D eigenvalue weighted by Gasteiger charge is 2.31. The molecule has 1 atom stereocenters. The van der Waals surface area contributed by atoms with Crippen molar-refractivity contribution in [2.45, 2.75) is 26.3 Å². The minimum absolute atomic E-state index is 0.308. The van der Waals surface area contributed by atoms with Gasteiger partial charge in [0.15, 0.2) is 0 Å². The molecule has 0 aromatic heterocycles. The lowest BCUT2D eigenvalue weighted by molar-refractivity contribution is -0.117. The molecule has 2 aromatic carbocycles. The molecule has 0 spiro atoms. The lowest BCUT2D eigenvalue weighted by Crippen LogP contribution is -2.46. The molecule has 0 fully saturated rings. The van der Waals surface area contributed by atoms with Gasteiger partial charge in [-0.15, -0.1) is 0 Å². The number of benzene rings is 2. The number of sulfonamides is 1. The highest BCUT2D eigenvalue weighted by Crippen LogP contribution is 2.26. The summed E-state index contributed by atoms with van der Waals surface area (Å²) in [4.78, 5) is 12.9. The summed E-state index contributed by atoms with van der Waals surface area (Å²) in [5.41, 5.74) is 0.965. The van der Waals surface area contributed by atoms with Crippen LogP contribution in [0.1, 0.15) is 20.3 Å². The van der Waals surface area contributed by atoms with Gasteiger partial charge in [-0.1, -0.05) is 6.92 Å². The molecular weight excluding hydrogens is 380 g/mol. The van der Waals surface area contributed by atoms with Crippen molar-refractivity contribution in [3.63, 3.8) is 0 Å². The van der Waals surface area contributed by atoms with Crippen molar-refractivity contribution in [1.29, 1.82) is 0 Å². The molecule has 8 heteroatoms. The maximum atomic E-state index is 12.9. The second-order valence-corrected chi connectivity index (χ2v) is 7.99. The maximum absolute atomic E-state index is 12.9. The van der Waals surface area contributed by atoms with Gasteiger partial charge in [-0.2, -0.15) is 0 Å². The summed E-state index contributed by atoms with van der Waals surface area (Å²) in [7, 11) is -2.16. The summed E-state index contributed by atoms with van der Waals surface area (Å²) in [5.74, 6) is 0.889. The fourth-order valence-corrected chi connectivity index (χ4v) is 4.03. The van der Waals surface area contributed by atoms with E-state index in [1.807, 2.05) is 6.92 Å². The van der Waals surface area contributed by atoms with E-state index in [9.17, 15) is 13.2 Å². The Morgan fingerprint density at radius 2 is 1.61 bits per heavy atom. The van der Waals surface area contributed by atoms with E-state index in [0.29, 0.717) is 35.9 Å². The van der Waals surface area contributed by atoms with E-state index in [1.165, 1.54) is 7.11 Å². The number of anilines is 2. The molecule has 1 amide bonds. The molecule has 0 saturated heterocycles. The zero-order chi connectivity index (χ0) is 20.7. The number of hydrogen-bond acceptors (Lipinski definition) is 5. The second kappa shape index (κ2) is 9.45. The number of amides is 1. The highest BCUT2D eigenvalue weighted by molar-refractivity contribution is 7.92. The molecule has 152 valence electrons. The zero-order valence-corrected chi connectivity index (χ0v) is 17.3. The summed E-state index contributed by atoms with van der Waals surface area (Å²) in [6.07, 6.45) is 1.39. The van der Waals surface area contributed by atoms with Crippen molar-refractivity contribution >= 4 is 27.3 Å². The van der Waals surface area contributed by atoms with Crippen molar-refractivity contribution in [3.8, 4) is 11.5 Å². The lowest BCUT2D eigenvalue weighted by atomic mass is 10.1. The number of carbonyl (C=O) groups is 1. The summed E-state index contributed by atoms with van der Waals surface area (Å²) >= 11 is 0. The predicted octanol–water partition coefficient (Wildman–Crippen LogP) is 3.28. The minimum atomic E-state index is -3.69. The molecule has 28 heavy (non-hydrogen) atoms. The van der Waals surface area contributed by atoms with E-state index in [4.69, 9.17) is 9.47 Å². The van der Waals surface area contributed by atoms with Gasteiger partial charge in [-0.05, 0) is 61.9 Å².